The van der Waals surface area contributed by atoms with Gasteiger partial charge in [0.15, 0.2) is 0 Å². The number of nitrogens with one attached hydrogen (secondary N) is 1. The third-order valence-corrected chi connectivity index (χ3v) is 2.48. The zero-order valence-corrected chi connectivity index (χ0v) is 9.02. The molecule has 16 heavy (non-hydrogen) atoms. The van der Waals surface area contributed by atoms with Crippen molar-refractivity contribution < 1.29 is 4.92 Å². The Morgan fingerprint density at radius 1 is 1.38 bits per heavy atom. The molecule has 2 rings (SSSR count). The Bertz CT molecular complexity index is 566. The quantitative estimate of drug-likeness (QED) is 0.619. The molecule has 82 valence electrons. The average Bonchev–Trinajstić information content (AvgIpc) is 2.27. The summed E-state index contributed by atoms with van der Waals surface area (Å²) in [5.41, 5.74) is 1.79. The number of benzene rings is 1. The van der Waals surface area contributed by atoms with Gasteiger partial charge in [-0.1, -0.05) is 0 Å². The summed E-state index contributed by atoms with van der Waals surface area (Å²) in [5, 5.41) is 15.3. The van der Waals surface area contributed by atoms with Gasteiger partial charge >= 0.3 is 0 Å². The fraction of sp³-hybridized carbons (Fsp3) is 0.182. The van der Waals surface area contributed by atoms with E-state index in [4.69, 9.17) is 0 Å². The van der Waals surface area contributed by atoms with Gasteiger partial charge in [-0.05, 0) is 19.1 Å². The number of hydrogen-bond acceptors (Lipinski definition) is 4. The van der Waals surface area contributed by atoms with E-state index in [1.807, 2.05) is 13.0 Å². The maximum absolute atomic E-state index is 10.9. The van der Waals surface area contributed by atoms with E-state index < -0.39 is 4.92 Å². The Hall–Kier alpha value is -2.17. The Morgan fingerprint density at radius 2 is 2.12 bits per heavy atom. The lowest BCUT2D eigenvalue weighted by molar-refractivity contribution is -0.383. The predicted octanol–water partition coefficient (Wildman–Crippen LogP) is 2.49. The Balaban J connectivity index is 2.85. The maximum Gasteiger partial charge on any atom is 0.278 e. The van der Waals surface area contributed by atoms with Crippen LogP contribution >= 0.6 is 0 Å². The van der Waals surface area contributed by atoms with Crippen LogP contribution in [0.3, 0.4) is 0 Å². The number of rotatable bonds is 2. The van der Waals surface area contributed by atoms with Crippen LogP contribution in [0.25, 0.3) is 10.8 Å². The second-order valence-electron chi connectivity index (χ2n) is 3.51. The van der Waals surface area contributed by atoms with Crippen LogP contribution in [0.1, 0.15) is 5.69 Å². The molecule has 0 spiro atoms. The summed E-state index contributed by atoms with van der Waals surface area (Å²) in [6.45, 7) is 1.86. The van der Waals surface area contributed by atoms with Crippen LogP contribution in [0.15, 0.2) is 24.4 Å². The van der Waals surface area contributed by atoms with Gasteiger partial charge in [0.05, 0.1) is 10.3 Å². The van der Waals surface area contributed by atoms with Crippen LogP contribution in [0.4, 0.5) is 11.4 Å². The molecule has 2 aromatic rings. The third kappa shape index (κ3) is 1.56. The van der Waals surface area contributed by atoms with Gasteiger partial charge in [0.25, 0.3) is 5.69 Å². The first-order valence-electron chi connectivity index (χ1n) is 4.85. The van der Waals surface area contributed by atoms with Gasteiger partial charge in [-0.2, -0.15) is 0 Å². The fourth-order valence-corrected chi connectivity index (χ4v) is 1.71. The first-order valence-corrected chi connectivity index (χ1v) is 4.85. The van der Waals surface area contributed by atoms with E-state index in [0.717, 1.165) is 16.8 Å². The molecule has 0 radical (unpaired) electrons. The zero-order valence-electron chi connectivity index (χ0n) is 9.02. The highest BCUT2D eigenvalue weighted by molar-refractivity contribution is 5.99. The summed E-state index contributed by atoms with van der Waals surface area (Å²) in [7, 11) is 1.79. The van der Waals surface area contributed by atoms with Gasteiger partial charge in [-0.3, -0.25) is 15.1 Å². The minimum atomic E-state index is -0.390. The molecule has 5 nitrogen and oxygen atoms in total. The summed E-state index contributed by atoms with van der Waals surface area (Å²) < 4.78 is 0. The van der Waals surface area contributed by atoms with Crippen molar-refractivity contribution in [3.63, 3.8) is 0 Å². The number of non-ortho nitro benzene ring substituents is 1. The maximum atomic E-state index is 10.9. The summed E-state index contributed by atoms with van der Waals surface area (Å²) in [6, 6.07) is 5.04. The molecule has 1 heterocycles. The molecule has 0 amide bonds. The van der Waals surface area contributed by atoms with Crippen LogP contribution in [0.2, 0.25) is 0 Å². The molecular weight excluding hydrogens is 206 g/mol. The molecule has 0 aliphatic carbocycles. The number of aryl methyl sites for hydroxylation is 1. The second kappa shape index (κ2) is 3.77. The fourth-order valence-electron chi connectivity index (χ4n) is 1.71. The van der Waals surface area contributed by atoms with Crippen LogP contribution in [-0.2, 0) is 0 Å². The average molecular weight is 217 g/mol. The monoisotopic (exact) mass is 217 g/mol. The molecule has 0 bridgehead atoms. The molecular formula is C11H11N3O2. The van der Waals surface area contributed by atoms with Gasteiger partial charge in [-0.15, -0.1) is 0 Å². The first kappa shape index (κ1) is 10.4. The third-order valence-electron chi connectivity index (χ3n) is 2.48. The van der Waals surface area contributed by atoms with Crippen molar-refractivity contribution in [1.29, 1.82) is 0 Å². The lowest BCUT2D eigenvalue weighted by atomic mass is 10.1. The van der Waals surface area contributed by atoms with E-state index in [-0.39, 0.29) is 5.69 Å². The SMILES string of the molecule is CNc1ccc([N+](=O)[O-])c2cnc(C)cc12. The van der Waals surface area contributed by atoms with Crippen molar-refractivity contribution in [3.05, 3.63) is 40.2 Å². The van der Waals surface area contributed by atoms with Crippen molar-refractivity contribution >= 4 is 22.1 Å². The van der Waals surface area contributed by atoms with E-state index in [1.165, 1.54) is 6.07 Å². The first-order chi connectivity index (χ1) is 7.63. The van der Waals surface area contributed by atoms with E-state index in [9.17, 15) is 10.1 Å². The standard InChI is InChI=1S/C11H11N3O2/c1-7-5-8-9(6-13-7)11(14(15)16)4-3-10(8)12-2/h3-6,12H,1-2H3. The molecule has 0 saturated heterocycles. The number of nitro groups is 1. The Morgan fingerprint density at radius 3 is 2.75 bits per heavy atom. The molecule has 0 fully saturated rings. The van der Waals surface area contributed by atoms with Crippen molar-refractivity contribution in [2.24, 2.45) is 0 Å². The van der Waals surface area contributed by atoms with Gasteiger partial charge in [-0.25, -0.2) is 0 Å². The molecule has 0 aliphatic heterocycles. The smallest absolute Gasteiger partial charge is 0.278 e. The lowest BCUT2D eigenvalue weighted by Crippen LogP contribution is -1.95. The number of nitrogens with zero attached hydrogens (tertiary/aromatic N) is 2. The summed E-state index contributed by atoms with van der Waals surface area (Å²) in [6.07, 6.45) is 1.55. The van der Waals surface area contributed by atoms with Crippen LogP contribution in [-0.4, -0.2) is 17.0 Å². The van der Waals surface area contributed by atoms with Crippen molar-refractivity contribution in [3.8, 4) is 0 Å². The minimum absolute atomic E-state index is 0.0847. The van der Waals surface area contributed by atoms with Gasteiger partial charge < -0.3 is 5.32 Å². The van der Waals surface area contributed by atoms with Crippen LogP contribution < -0.4 is 5.32 Å². The highest BCUT2D eigenvalue weighted by Gasteiger charge is 2.14. The molecule has 0 saturated carbocycles. The number of fused-ring (bicyclic) bond motifs is 1. The summed E-state index contributed by atoms with van der Waals surface area (Å²) >= 11 is 0. The molecule has 0 aliphatic rings. The second-order valence-corrected chi connectivity index (χ2v) is 3.51. The van der Waals surface area contributed by atoms with E-state index >= 15 is 0 Å². The van der Waals surface area contributed by atoms with Crippen LogP contribution in [0.5, 0.6) is 0 Å². The summed E-state index contributed by atoms with van der Waals surface area (Å²) in [4.78, 5) is 14.6. The van der Waals surface area contributed by atoms with Gasteiger partial charge in [0, 0.05) is 36.1 Å². The topological polar surface area (TPSA) is 68.1 Å². The molecule has 1 aromatic carbocycles. The number of nitro benzene ring substituents is 1. The number of aromatic nitrogens is 1. The molecule has 0 unspecified atom stereocenters. The van der Waals surface area contributed by atoms with E-state index in [0.29, 0.717) is 5.39 Å². The van der Waals surface area contributed by atoms with Gasteiger partial charge in [0.2, 0.25) is 0 Å². The van der Waals surface area contributed by atoms with Crippen molar-refractivity contribution in [2.75, 3.05) is 12.4 Å². The Labute approximate surface area is 92.3 Å². The highest BCUT2D eigenvalue weighted by Crippen LogP contribution is 2.30. The number of anilines is 1. The van der Waals surface area contributed by atoms with Crippen LogP contribution in [0, 0.1) is 17.0 Å². The normalized spacial score (nSPS) is 10.4. The Kier molecular flexibility index (Phi) is 2.44. The van der Waals surface area contributed by atoms with Crippen molar-refractivity contribution in [2.45, 2.75) is 6.92 Å². The van der Waals surface area contributed by atoms with Crippen molar-refractivity contribution in [1.82, 2.24) is 4.98 Å². The number of pyridine rings is 1. The van der Waals surface area contributed by atoms with E-state index in [1.54, 1.807) is 19.3 Å². The van der Waals surface area contributed by atoms with Gasteiger partial charge in [0.1, 0.15) is 0 Å². The minimum Gasteiger partial charge on any atom is -0.388 e. The molecule has 1 N–H and O–H groups in total. The largest absolute Gasteiger partial charge is 0.388 e. The molecule has 5 heteroatoms. The van der Waals surface area contributed by atoms with E-state index in [2.05, 4.69) is 10.3 Å². The number of hydrogen-bond donors (Lipinski definition) is 1. The summed E-state index contributed by atoms with van der Waals surface area (Å²) in [5.74, 6) is 0. The molecule has 1 aromatic heterocycles. The predicted molar refractivity (Wildman–Crippen MR) is 62.7 cm³/mol. The highest BCUT2D eigenvalue weighted by atomic mass is 16.6. The lowest BCUT2D eigenvalue weighted by Gasteiger charge is -2.06. The zero-order chi connectivity index (χ0) is 11.7. The molecule has 0 atom stereocenters.